The molecule has 21 heavy (non-hydrogen) atoms. The maximum atomic E-state index is 14.2. The standard InChI is InChI=1S/C16H24F2N2O/c1-11(19)6-13-7-14(17)16(15(18)8-13)20(2)9-12-4-3-5-21-10-12/h7-8,11-12H,3-6,9-10,19H2,1-2H3. The summed E-state index contributed by atoms with van der Waals surface area (Å²) < 4.78 is 33.8. The van der Waals surface area contributed by atoms with E-state index in [2.05, 4.69) is 0 Å². The monoisotopic (exact) mass is 298 g/mol. The third-order valence-corrected chi connectivity index (χ3v) is 3.80. The Balaban J connectivity index is 2.10. The predicted molar refractivity (Wildman–Crippen MR) is 80.5 cm³/mol. The summed E-state index contributed by atoms with van der Waals surface area (Å²) in [5.74, 6) is -0.721. The Morgan fingerprint density at radius 3 is 2.57 bits per heavy atom. The van der Waals surface area contributed by atoms with Crippen LogP contribution in [0.2, 0.25) is 0 Å². The van der Waals surface area contributed by atoms with Gasteiger partial charge < -0.3 is 15.4 Å². The average molecular weight is 298 g/mol. The molecule has 5 heteroatoms. The summed E-state index contributed by atoms with van der Waals surface area (Å²) in [6.45, 7) is 3.87. The molecule has 0 radical (unpaired) electrons. The molecule has 0 saturated carbocycles. The number of anilines is 1. The van der Waals surface area contributed by atoms with Crippen molar-refractivity contribution in [2.75, 3.05) is 31.7 Å². The van der Waals surface area contributed by atoms with E-state index < -0.39 is 11.6 Å². The second kappa shape index (κ2) is 7.18. The first kappa shape index (κ1) is 16.2. The zero-order valence-electron chi connectivity index (χ0n) is 12.7. The van der Waals surface area contributed by atoms with E-state index in [1.807, 2.05) is 6.92 Å². The normalized spacial score (nSPS) is 20.3. The van der Waals surface area contributed by atoms with Crippen molar-refractivity contribution in [3.05, 3.63) is 29.3 Å². The largest absolute Gasteiger partial charge is 0.381 e. The van der Waals surface area contributed by atoms with Gasteiger partial charge >= 0.3 is 0 Å². The van der Waals surface area contributed by atoms with Crippen LogP contribution >= 0.6 is 0 Å². The number of benzene rings is 1. The molecule has 0 spiro atoms. The van der Waals surface area contributed by atoms with Crippen LogP contribution in [0.25, 0.3) is 0 Å². The van der Waals surface area contributed by atoms with Gasteiger partial charge in [0, 0.05) is 26.2 Å². The maximum absolute atomic E-state index is 14.2. The Labute approximate surface area is 125 Å². The van der Waals surface area contributed by atoms with E-state index in [4.69, 9.17) is 10.5 Å². The van der Waals surface area contributed by atoms with E-state index in [1.54, 1.807) is 11.9 Å². The summed E-state index contributed by atoms with van der Waals surface area (Å²) >= 11 is 0. The van der Waals surface area contributed by atoms with Gasteiger partial charge in [0.25, 0.3) is 0 Å². The van der Waals surface area contributed by atoms with E-state index in [1.165, 1.54) is 12.1 Å². The van der Waals surface area contributed by atoms with E-state index >= 15 is 0 Å². The Morgan fingerprint density at radius 2 is 2.05 bits per heavy atom. The van der Waals surface area contributed by atoms with Crippen molar-refractivity contribution in [1.82, 2.24) is 0 Å². The highest BCUT2D eigenvalue weighted by atomic mass is 19.1. The zero-order valence-corrected chi connectivity index (χ0v) is 12.7. The fourth-order valence-corrected chi connectivity index (χ4v) is 2.90. The molecule has 1 aliphatic rings. The highest BCUT2D eigenvalue weighted by Gasteiger charge is 2.21. The fourth-order valence-electron chi connectivity index (χ4n) is 2.90. The molecule has 1 aromatic carbocycles. The summed E-state index contributed by atoms with van der Waals surface area (Å²) in [7, 11) is 1.72. The van der Waals surface area contributed by atoms with Crippen molar-refractivity contribution in [3.8, 4) is 0 Å². The third-order valence-electron chi connectivity index (χ3n) is 3.80. The third kappa shape index (κ3) is 4.38. The smallest absolute Gasteiger partial charge is 0.149 e. The Kier molecular flexibility index (Phi) is 5.53. The van der Waals surface area contributed by atoms with Gasteiger partial charge in [-0.3, -0.25) is 0 Å². The zero-order chi connectivity index (χ0) is 15.4. The summed E-state index contributed by atoms with van der Waals surface area (Å²) in [5, 5.41) is 0. The van der Waals surface area contributed by atoms with Gasteiger partial charge in [-0.15, -0.1) is 0 Å². The molecule has 118 valence electrons. The average Bonchev–Trinajstić information content (AvgIpc) is 2.38. The summed E-state index contributed by atoms with van der Waals surface area (Å²) in [6.07, 6.45) is 2.52. The van der Waals surface area contributed by atoms with E-state index in [0.29, 0.717) is 31.1 Å². The van der Waals surface area contributed by atoms with Crippen LogP contribution in [0.4, 0.5) is 14.5 Å². The first-order valence-corrected chi connectivity index (χ1v) is 7.49. The highest BCUT2D eigenvalue weighted by Crippen LogP contribution is 2.26. The Morgan fingerprint density at radius 1 is 1.38 bits per heavy atom. The molecule has 1 fully saturated rings. The van der Waals surface area contributed by atoms with Crippen LogP contribution in [0.1, 0.15) is 25.3 Å². The first-order valence-electron chi connectivity index (χ1n) is 7.49. The first-order chi connectivity index (χ1) is 9.97. The summed E-state index contributed by atoms with van der Waals surface area (Å²) in [5.41, 5.74) is 6.31. The minimum Gasteiger partial charge on any atom is -0.381 e. The van der Waals surface area contributed by atoms with E-state index in [0.717, 1.165) is 19.4 Å². The predicted octanol–water partition coefficient (Wildman–Crippen LogP) is 2.72. The fraction of sp³-hybridized carbons (Fsp3) is 0.625. The van der Waals surface area contributed by atoms with Crippen LogP contribution in [0.3, 0.4) is 0 Å². The van der Waals surface area contributed by atoms with Gasteiger partial charge in [-0.2, -0.15) is 0 Å². The minimum absolute atomic E-state index is 0.0361. The van der Waals surface area contributed by atoms with Crippen molar-refractivity contribution in [1.29, 1.82) is 0 Å². The SMILES string of the molecule is CC(N)Cc1cc(F)c(N(C)CC2CCCOC2)c(F)c1. The van der Waals surface area contributed by atoms with Crippen LogP contribution in [0, 0.1) is 17.6 Å². The van der Waals surface area contributed by atoms with E-state index in [-0.39, 0.29) is 11.7 Å². The number of ether oxygens (including phenoxy) is 1. The van der Waals surface area contributed by atoms with Crippen molar-refractivity contribution in [2.24, 2.45) is 11.7 Å². The van der Waals surface area contributed by atoms with Crippen LogP contribution < -0.4 is 10.6 Å². The minimum atomic E-state index is -0.523. The van der Waals surface area contributed by atoms with Gasteiger partial charge in [-0.25, -0.2) is 8.78 Å². The van der Waals surface area contributed by atoms with Gasteiger partial charge in [0.1, 0.15) is 17.3 Å². The molecule has 0 aliphatic carbocycles. The van der Waals surface area contributed by atoms with Gasteiger partial charge in [0.2, 0.25) is 0 Å². The lowest BCUT2D eigenvalue weighted by atomic mass is 10.0. The van der Waals surface area contributed by atoms with Gasteiger partial charge in [0.15, 0.2) is 0 Å². The second-order valence-electron chi connectivity index (χ2n) is 6.05. The number of nitrogens with zero attached hydrogens (tertiary/aromatic N) is 1. The molecule has 1 saturated heterocycles. The number of halogens is 2. The Hall–Kier alpha value is -1.20. The number of rotatable bonds is 5. The molecule has 2 unspecified atom stereocenters. The number of hydrogen-bond donors (Lipinski definition) is 1. The lowest BCUT2D eigenvalue weighted by Crippen LogP contribution is -2.32. The summed E-state index contributed by atoms with van der Waals surface area (Å²) in [6, 6.07) is 2.65. The van der Waals surface area contributed by atoms with Crippen molar-refractivity contribution in [2.45, 2.75) is 32.2 Å². The van der Waals surface area contributed by atoms with Crippen LogP contribution in [0.5, 0.6) is 0 Å². The molecule has 2 atom stereocenters. The van der Waals surface area contributed by atoms with Gasteiger partial charge in [0.05, 0.1) is 6.61 Å². The maximum Gasteiger partial charge on any atom is 0.149 e. The topological polar surface area (TPSA) is 38.5 Å². The molecular formula is C16H24F2N2O. The number of nitrogens with two attached hydrogens (primary N) is 1. The summed E-state index contributed by atoms with van der Waals surface area (Å²) in [4.78, 5) is 1.65. The molecule has 0 aromatic heterocycles. The van der Waals surface area contributed by atoms with Crippen LogP contribution in [-0.2, 0) is 11.2 Å². The molecule has 0 bridgehead atoms. The van der Waals surface area contributed by atoms with Crippen molar-refractivity contribution >= 4 is 5.69 Å². The van der Waals surface area contributed by atoms with Crippen molar-refractivity contribution < 1.29 is 13.5 Å². The van der Waals surface area contributed by atoms with E-state index in [9.17, 15) is 8.78 Å². The van der Waals surface area contributed by atoms with Gasteiger partial charge in [-0.05, 0) is 49.8 Å². The molecule has 2 rings (SSSR count). The molecule has 2 N–H and O–H groups in total. The molecule has 1 aromatic rings. The molecule has 3 nitrogen and oxygen atoms in total. The second-order valence-corrected chi connectivity index (χ2v) is 6.05. The van der Waals surface area contributed by atoms with Crippen LogP contribution in [0.15, 0.2) is 12.1 Å². The number of hydrogen-bond acceptors (Lipinski definition) is 3. The highest BCUT2D eigenvalue weighted by molar-refractivity contribution is 5.50. The molecule has 1 heterocycles. The molecule has 0 amide bonds. The molecule has 1 aliphatic heterocycles. The van der Waals surface area contributed by atoms with Crippen LogP contribution in [-0.4, -0.2) is 32.8 Å². The van der Waals surface area contributed by atoms with Crippen molar-refractivity contribution in [3.63, 3.8) is 0 Å². The lowest BCUT2D eigenvalue weighted by Gasteiger charge is -2.29. The quantitative estimate of drug-likeness (QED) is 0.908. The van der Waals surface area contributed by atoms with Gasteiger partial charge in [-0.1, -0.05) is 0 Å². The molecular weight excluding hydrogens is 274 g/mol. The lowest BCUT2D eigenvalue weighted by molar-refractivity contribution is 0.0575. The Bertz CT molecular complexity index is 450.